The van der Waals surface area contributed by atoms with E-state index in [1.54, 1.807) is 24.4 Å². The number of carboxylic acids is 1. The summed E-state index contributed by atoms with van der Waals surface area (Å²) in [5.74, 6) is -0.0396. The number of hydrogen-bond acceptors (Lipinski definition) is 3. The zero-order valence-electron chi connectivity index (χ0n) is 12.1. The van der Waals surface area contributed by atoms with Crippen molar-refractivity contribution in [3.05, 3.63) is 51.2 Å². The second-order valence-electron chi connectivity index (χ2n) is 5.69. The van der Waals surface area contributed by atoms with Crippen LogP contribution in [0.1, 0.15) is 36.7 Å². The summed E-state index contributed by atoms with van der Waals surface area (Å²) in [4.78, 5) is 15.3. The van der Waals surface area contributed by atoms with Crippen LogP contribution in [0.4, 0.5) is 0 Å². The number of rotatable bonds is 3. The zero-order chi connectivity index (χ0) is 15.6. The summed E-state index contributed by atoms with van der Waals surface area (Å²) in [5, 5.41) is 9.02. The van der Waals surface area contributed by atoms with Crippen molar-refractivity contribution < 1.29 is 14.6 Å². The fourth-order valence-electron chi connectivity index (χ4n) is 1.71. The maximum absolute atomic E-state index is 11.0. The summed E-state index contributed by atoms with van der Waals surface area (Å²) in [6.07, 6.45) is 1.78. The minimum atomic E-state index is -0.979. The van der Waals surface area contributed by atoms with E-state index >= 15 is 0 Å². The third-order valence-electron chi connectivity index (χ3n) is 3.00. The molecule has 0 unspecified atom stereocenters. The van der Waals surface area contributed by atoms with Crippen LogP contribution in [0.3, 0.4) is 0 Å². The Bertz CT molecular complexity index is 660. The average molecular weight is 397 g/mol. The van der Waals surface area contributed by atoms with Crippen molar-refractivity contribution in [2.45, 2.75) is 26.2 Å². The highest BCUT2D eigenvalue weighted by Crippen LogP contribution is 2.28. The molecule has 2 aromatic rings. The van der Waals surface area contributed by atoms with E-state index in [4.69, 9.17) is 9.84 Å². The van der Waals surface area contributed by atoms with Crippen LogP contribution in [0.15, 0.2) is 36.5 Å². The Morgan fingerprint density at radius 1 is 1.24 bits per heavy atom. The Balaban J connectivity index is 2.26. The van der Waals surface area contributed by atoms with Crippen molar-refractivity contribution in [1.29, 1.82) is 0 Å². The minimum absolute atomic E-state index is 0.0309. The molecule has 0 saturated carbocycles. The normalized spacial score (nSPS) is 11.2. The summed E-state index contributed by atoms with van der Waals surface area (Å²) in [6, 6.07) is 8.53. The highest BCUT2D eigenvalue weighted by atomic mass is 127. The standard InChI is InChI=1S/C16H16INO3/c1-16(2,3)11-5-7-14(18-9-11)21-13-8-10(15(19)20)4-6-12(13)17/h4-9H,1-3H3,(H,19,20). The largest absolute Gasteiger partial charge is 0.478 e. The minimum Gasteiger partial charge on any atom is -0.478 e. The van der Waals surface area contributed by atoms with Crippen molar-refractivity contribution in [3.63, 3.8) is 0 Å². The van der Waals surface area contributed by atoms with Gasteiger partial charge in [0.15, 0.2) is 0 Å². The lowest BCUT2D eigenvalue weighted by molar-refractivity contribution is 0.0696. The summed E-state index contributed by atoms with van der Waals surface area (Å²) in [6.45, 7) is 6.34. The first-order valence-electron chi connectivity index (χ1n) is 6.44. The number of ether oxygens (including phenoxy) is 1. The number of hydrogen-bond donors (Lipinski definition) is 1. The molecule has 0 aliphatic carbocycles. The molecule has 0 radical (unpaired) electrons. The van der Waals surface area contributed by atoms with Crippen LogP contribution in [-0.2, 0) is 5.41 Å². The Morgan fingerprint density at radius 2 is 1.95 bits per heavy atom. The lowest BCUT2D eigenvalue weighted by atomic mass is 9.88. The molecule has 4 nitrogen and oxygen atoms in total. The molecule has 0 fully saturated rings. The predicted octanol–water partition coefficient (Wildman–Crippen LogP) is 4.47. The maximum Gasteiger partial charge on any atom is 0.335 e. The van der Waals surface area contributed by atoms with Gasteiger partial charge in [-0.2, -0.15) is 0 Å². The molecule has 0 spiro atoms. The average Bonchev–Trinajstić information content (AvgIpc) is 2.40. The van der Waals surface area contributed by atoms with Crippen LogP contribution >= 0.6 is 22.6 Å². The van der Waals surface area contributed by atoms with E-state index in [1.165, 1.54) is 6.07 Å². The number of pyridine rings is 1. The molecule has 0 aliphatic heterocycles. The Kier molecular flexibility index (Phi) is 4.51. The second-order valence-corrected chi connectivity index (χ2v) is 6.85. The molecule has 21 heavy (non-hydrogen) atoms. The monoisotopic (exact) mass is 397 g/mol. The van der Waals surface area contributed by atoms with Gasteiger partial charge in [-0.3, -0.25) is 0 Å². The van der Waals surface area contributed by atoms with Crippen molar-refractivity contribution in [3.8, 4) is 11.6 Å². The SMILES string of the molecule is CC(C)(C)c1ccc(Oc2cc(C(=O)O)ccc2I)nc1. The Hall–Kier alpha value is -1.63. The van der Waals surface area contributed by atoms with Gasteiger partial charge in [0, 0.05) is 12.3 Å². The highest BCUT2D eigenvalue weighted by molar-refractivity contribution is 14.1. The molecule has 0 amide bonds. The lowest BCUT2D eigenvalue weighted by Gasteiger charge is -2.18. The van der Waals surface area contributed by atoms with Gasteiger partial charge in [-0.15, -0.1) is 0 Å². The van der Waals surface area contributed by atoms with Gasteiger partial charge in [0.2, 0.25) is 5.88 Å². The van der Waals surface area contributed by atoms with Crippen molar-refractivity contribution in [2.75, 3.05) is 0 Å². The van der Waals surface area contributed by atoms with Gasteiger partial charge < -0.3 is 9.84 Å². The molecule has 0 bridgehead atoms. The number of aromatic nitrogens is 1. The molecule has 1 N–H and O–H groups in total. The Morgan fingerprint density at radius 3 is 2.48 bits per heavy atom. The van der Waals surface area contributed by atoms with Crippen molar-refractivity contribution in [1.82, 2.24) is 4.98 Å². The first-order chi connectivity index (χ1) is 9.77. The molecule has 1 aromatic carbocycles. The van der Waals surface area contributed by atoms with E-state index in [1.807, 2.05) is 6.07 Å². The van der Waals surface area contributed by atoms with Crippen LogP contribution < -0.4 is 4.74 Å². The number of carboxylic acid groups (broad SMARTS) is 1. The predicted molar refractivity (Wildman–Crippen MR) is 89.1 cm³/mol. The first-order valence-corrected chi connectivity index (χ1v) is 7.52. The molecule has 0 saturated heterocycles. The summed E-state index contributed by atoms with van der Waals surface area (Å²) < 4.78 is 6.52. The topological polar surface area (TPSA) is 59.4 Å². The van der Waals surface area contributed by atoms with Gasteiger partial charge in [-0.25, -0.2) is 9.78 Å². The molecule has 1 aromatic heterocycles. The van der Waals surface area contributed by atoms with Crippen molar-refractivity contribution in [2.24, 2.45) is 0 Å². The maximum atomic E-state index is 11.0. The number of halogens is 1. The third-order valence-corrected chi connectivity index (χ3v) is 3.89. The van der Waals surface area contributed by atoms with Gasteiger partial charge in [0.25, 0.3) is 0 Å². The van der Waals surface area contributed by atoms with Gasteiger partial charge >= 0.3 is 5.97 Å². The number of nitrogens with zero attached hydrogens (tertiary/aromatic N) is 1. The molecule has 5 heteroatoms. The molecule has 0 aliphatic rings. The number of benzene rings is 1. The summed E-state index contributed by atoms with van der Waals surface area (Å²) >= 11 is 2.10. The van der Waals surface area contributed by atoms with E-state index in [-0.39, 0.29) is 11.0 Å². The summed E-state index contributed by atoms with van der Waals surface area (Å²) in [5.41, 5.74) is 1.34. The van der Waals surface area contributed by atoms with Gasteiger partial charge in [-0.1, -0.05) is 26.8 Å². The molecule has 1 heterocycles. The van der Waals surface area contributed by atoms with Crippen LogP contribution in [-0.4, -0.2) is 16.1 Å². The van der Waals surface area contributed by atoms with E-state index < -0.39 is 5.97 Å². The summed E-state index contributed by atoms with van der Waals surface area (Å²) in [7, 11) is 0. The third kappa shape index (κ3) is 3.93. The zero-order valence-corrected chi connectivity index (χ0v) is 14.2. The number of carbonyl (C=O) groups is 1. The van der Waals surface area contributed by atoms with E-state index in [2.05, 4.69) is 48.3 Å². The van der Waals surface area contributed by atoms with Gasteiger partial charge in [0.1, 0.15) is 5.75 Å². The second kappa shape index (κ2) is 6.01. The van der Waals surface area contributed by atoms with E-state index in [9.17, 15) is 4.79 Å². The van der Waals surface area contributed by atoms with Gasteiger partial charge in [-0.05, 0) is 51.8 Å². The molecule has 110 valence electrons. The number of aromatic carboxylic acids is 1. The fraction of sp³-hybridized carbons (Fsp3) is 0.250. The smallest absolute Gasteiger partial charge is 0.335 e. The van der Waals surface area contributed by atoms with Crippen LogP contribution in [0.2, 0.25) is 0 Å². The lowest BCUT2D eigenvalue weighted by Crippen LogP contribution is -2.11. The van der Waals surface area contributed by atoms with Crippen LogP contribution in [0, 0.1) is 3.57 Å². The molecule has 0 atom stereocenters. The quantitative estimate of drug-likeness (QED) is 0.777. The Labute approximate surface area is 137 Å². The first kappa shape index (κ1) is 15.8. The highest BCUT2D eigenvalue weighted by Gasteiger charge is 2.14. The molecular formula is C16H16INO3. The van der Waals surface area contributed by atoms with Crippen molar-refractivity contribution >= 4 is 28.6 Å². The molecule has 2 rings (SSSR count). The molecular weight excluding hydrogens is 381 g/mol. The van der Waals surface area contributed by atoms with E-state index in [0.29, 0.717) is 11.6 Å². The van der Waals surface area contributed by atoms with Crippen LogP contribution in [0.5, 0.6) is 11.6 Å². The van der Waals surface area contributed by atoms with Gasteiger partial charge in [0.05, 0.1) is 9.13 Å². The van der Waals surface area contributed by atoms with E-state index in [0.717, 1.165) is 9.13 Å². The fourth-order valence-corrected chi connectivity index (χ4v) is 2.16. The van der Waals surface area contributed by atoms with Crippen LogP contribution in [0.25, 0.3) is 0 Å².